The lowest BCUT2D eigenvalue weighted by Crippen LogP contribution is -2.51. The van der Waals surface area contributed by atoms with E-state index >= 15 is 0 Å². The van der Waals surface area contributed by atoms with E-state index in [-0.39, 0.29) is 0 Å². The van der Waals surface area contributed by atoms with Gasteiger partial charge in [0, 0.05) is 18.6 Å². The Morgan fingerprint density at radius 2 is 1.79 bits per heavy atom. The van der Waals surface area contributed by atoms with Crippen LogP contribution in [0, 0.1) is 11.3 Å². The van der Waals surface area contributed by atoms with E-state index in [0.29, 0.717) is 11.5 Å². The van der Waals surface area contributed by atoms with Crippen LogP contribution in [0.2, 0.25) is 0 Å². The van der Waals surface area contributed by atoms with Crippen molar-refractivity contribution in [1.82, 2.24) is 10.2 Å². The van der Waals surface area contributed by atoms with Crippen LogP contribution < -0.4 is 5.32 Å². The zero-order valence-electron chi connectivity index (χ0n) is 13.5. The third-order valence-electron chi connectivity index (χ3n) is 5.57. The smallest absolute Gasteiger partial charge is 0.0274 e. The number of hydrogen-bond donors (Lipinski definition) is 1. The van der Waals surface area contributed by atoms with Gasteiger partial charge in [-0.05, 0) is 50.6 Å². The quantitative estimate of drug-likeness (QED) is 0.817. The van der Waals surface area contributed by atoms with Gasteiger partial charge in [0.1, 0.15) is 0 Å². The lowest BCUT2D eigenvalue weighted by Gasteiger charge is -2.38. The topological polar surface area (TPSA) is 15.3 Å². The molecule has 2 unspecified atom stereocenters. The minimum absolute atomic E-state index is 0.460. The predicted octanol–water partition coefficient (Wildman–Crippen LogP) is 3.67. The predicted molar refractivity (Wildman–Crippen MR) is 83.5 cm³/mol. The van der Waals surface area contributed by atoms with Gasteiger partial charge in [0.2, 0.25) is 0 Å². The summed E-state index contributed by atoms with van der Waals surface area (Å²) in [5.41, 5.74) is 0.460. The molecular formula is C17H34N2. The van der Waals surface area contributed by atoms with Crippen LogP contribution in [0.4, 0.5) is 0 Å². The summed E-state index contributed by atoms with van der Waals surface area (Å²) in [5.74, 6) is 0.963. The summed E-state index contributed by atoms with van der Waals surface area (Å²) in [4.78, 5) is 2.68. The zero-order chi connectivity index (χ0) is 13.9. The molecule has 0 spiro atoms. The van der Waals surface area contributed by atoms with Crippen LogP contribution in [-0.4, -0.2) is 37.1 Å². The van der Waals surface area contributed by atoms with Crippen molar-refractivity contribution in [2.75, 3.05) is 20.1 Å². The molecule has 0 aromatic carbocycles. The Balaban J connectivity index is 1.91. The Morgan fingerprint density at radius 1 is 1.11 bits per heavy atom. The Labute approximate surface area is 120 Å². The Kier molecular flexibility index (Phi) is 5.30. The van der Waals surface area contributed by atoms with Crippen LogP contribution in [0.3, 0.4) is 0 Å². The van der Waals surface area contributed by atoms with Crippen LogP contribution in [0.1, 0.15) is 65.7 Å². The number of nitrogens with one attached hydrogen (secondary N) is 1. The van der Waals surface area contributed by atoms with Crippen molar-refractivity contribution in [3.05, 3.63) is 0 Å². The maximum atomic E-state index is 3.76. The van der Waals surface area contributed by atoms with Gasteiger partial charge in [-0.2, -0.15) is 0 Å². The highest BCUT2D eigenvalue weighted by Gasteiger charge is 2.43. The SMILES string of the molecule is CCNC1C(N(C)CC2CCCCC2)CCC1(C)C. The van der Waals surface area contributed by atoms with Gasteiger partial charge in [-0.15, -0.1) is 0 Å². The molecule has 19 heavy (non-hydrogen) atoms. The normalized spacial score (nSPS) is 32.1. The van der Waals surface area contributed by atoms with Gasteiger partial charge in [0.05, 0.1) is 0 Å². The first-order valence-electron chi connectivity index (χ1n) is 8.48. The summed E-state index contributed by atoms with van der Waals surface area (Å²) in [6.07, 6.45) is 10.1. The average molecular weight is 266 g/mol. The number of rotatable bonds is 5. The van der Waals surface area contributed by atoms with Crippen molar-refractivity contribution in [2.24, 2.45) is 11.3 Å². The molecule has 0 bridgehead atoms. The molecule has 112 valence electrons. The van der Waals surface area contributed by atoms with Gasteiger partial charge in [-0.1, -0.05) is 40.0 Å². The average Bonchev–Trinajstić information content (AvgIpc) is 2.67. The summed E-state index contributed by atoms with van der Waals surface area (Å²) in [6, 6.07) is 1.42. The van der Waals surface area contributed by atoms with E-state index in [4.69, 9.17) is 0 Å². The first kappa shape index (κ1) is 15.3. The standard InChI is InChI=1S/C17H34N2/c1-5-18-16-15(11-12-17(16,2)3)19(4)13-14-9-7-6-8-10-14/h14-16,18H,5-13H2,1-4H3. The lowest BCUT2D eigenvalue weighted by atomic mass is 9.85. The molecule has 0 aromatic rings. The van der Waals surface area contributed by atoms with Crippen LogP contribution in [0.25, 0.3) is 0 Å². The maximum absolute atomic E-state index is 3.76. The van der Waals surface area contributed by atoms with E-state index in [9.17, 15) is 0 Å². The van der Waals surface area contributed by atoms with Crippen molar-refractivity contribution in [2.45, 2.75) is 77.8 Å². The zero-order valence-corrected chi connectivity index (χ0v) is 13.5. The van der Waals surface area contributed by atoms with Gasteiger partial charge in [-0.25, -0.2) is 0 Å². The van der Waals surface area contributed by atoms with E-state index in [1.165, 1.54) is 51.5 Å². The lowest BCUT2D eigenvalue weighted by molar-refractivity contribution is 0.141. The molecule has 2 aliphatic rings. The number of likely N-dealkylation sites (N-methyl/N-ethyl adjacent to an activating group) is 2. The van der Waals surface area contributed by atoms with Crippen LogP contribution >= 0.6 is 0 Å². The van der Waals surface area contributed by atoms with Crippen molar-refractivity contribution in [3.8, 4) is 0 Å². The largest absolute Gasteiger partial charge is 0.312 e. The Bertz CT molecular complexity index is 268. The van der Waals surface area contributed by atoms with Gasteiger partial charge in [-0.3, -0.25) is 0 Å². The van der Waals surface area contributed by atoms with E-state index < -0.39 is 0 Å². The van der Waals surface area contributed by atoms with E-state index in [1.54, 1.807) is 0 Å². The van der Waals surface area contributed by atoms with Crippen molar-refractivity contribution >= 4 is 0 Å². The molecule has 0 radical (unpaired) electrons. The van der Waals surface area contributed by atoms with E-state index in [2.05, 4.69) is 38.0 Å². The molecule has 2 aliphatic carbocycles. The highest BCUT2D eigenvalue weighted by Crippen LogP contribution is 2.40. The van der Waals surface area contributed by atoms with Crippen molar-refractivity contribution in [3.63, 3.8) is 0 Å². The molecule has 0 amide bonds. The summed E-state index contributed by atoms with van der Waals surface area (Å²) < 4.78 is 0. The molecule has 1 N–H and O–H groups in total. The second-order valence-electron chi connectivity index (χ2n) is 7.57. The summed E-state index contributed by atoms with van der Waals surface area (Å²) >= 11 is 0. The second-order valence-corrected chi connectivity index (χ2v) is 7.57. The van der Waals surface area contributed by atoms with Crippen LogP contribution in [-0.2, 0) is 0 Å². The minimum atomic E-state index is 0.460. The van der Waals surface area contributed by atoms with Gasteiger partial charge in [0.15, 0.2) is 0 Å². The van der Waals surface area contributed by atoms with Gasteiger partial charge in [0.25, 0.3) is 0 Å². The first-order valence-corrected chi connectivity index (χ1v) is 8.48. The van der Waals surface area contributed by atoms with Crippen LogP contribution in [0.15, 0.2) is 0 Å². The fourth-order valence-electron chi connectivity index (χ4n) is 4.38. The molecule has 0 aliphatic heterocycles. The summed E-state index contributed by atoms with van der Waals surface area (Å²) in [7, 11) is 2.37. The Hall–Kier alpha value is -0.0800. The molecular weight excluding hydrogens is 232 g/mol. The second kappa shape index (κ2) is 6.58. The molecule has 2 fully saturated rings. The molecule has 0 heterocycles. The summed E-state index contributed by atoms with van der Waals surface area (Å²) in [6.45, 7) is 9.54. The molecule has 2 heteroatoms. The monoisotopic (exact) mass is 266 g/mol. The number of nitrogens with zero attached hydrogens (tertiary/aromatic N) is 1. The third-order valence-corrected chi connectivity index (χ3v) is 5.57. The van der Waals surface area contributed by atoms with Gasteiger partial charge >= 0.3 is 0 Å². The van der Waals surface area contributed by atoms with E-state index in [0.717, 1.165) is 18.5 Å². The molecule has 2 atom stereocenters. The fraction of sp³-hybridized carbons (Fsp3) is 1.00. The van der Waals surface area contributed by atoms with E-state index in [1.807, 2.05) is 0 Å². The Morgan fingerprint density at radius 3 is 2.42 bits per heavy atom. The molecule has 0 saturated heterocycles. The number of hydrogen-bond acceptors (Lipinski definition) is 2. The molecule has 2 rings (SSSR count). The third kappa shape index (κ3) is 3.72. The minimum Gasteiger partial charge on any atom is -0.312 e. The maximum Gasteiger partial charge on any atom is 0.0274 e. The fourth-order valence-corrected chi connectivity index (χ4v) is 4.38. The highest BCUT2D eigenvalue weighted by atomic mass is 15.2. The highest BCUT2D eigenvalue weighted by molar-refractivity contribution is 5.00. The molecule has 0 aromatic heterocycles. The van der Waals surface area contributed by atoms with Crippen molar-refractivity contribution in [1.29, 1.82) is 0 Å². The molecule has 2 saturated carbocycles. The first-order chi connectivity index (χ1) is 9.04. The van der Waals surface area contributed by atoms with Crippen LogP contribution in [0.5, 0.6) is 0 Å². The summed E-state index contributed by atoms with van der Waals surface area (Å²) in [5, 5.41) is 3.76. The molecule has 2 nitrogen and oxygen atoms in total. The van der Waals surface area contributed by atoms with Gasteiger partial charge < -0.3 is 10.2 Å². The van der Waals surface area contributed by atoms with Crippen molar-refractivity contribution < 1.29 is 0 Å².